The molecule has 1 atom stereocenters. The van der Waals surface area contributed by atoms with Crippen molar-refractivity contribution in [3.05, 3.63) is 76.4 Å². The summed E-state index contributed by atoms with van der Waals surface area (Å²) in [5, 5.41) is 21.0. The van der Waals surface area contributed by atoms with Gasteiger partial charge in [0.05, 0.1) is 23.3 Å². The van der Waals surface area contributed by atoms with Crippen LogP contribution in [0.4, 0.5) is 19.3 Å². The Morgan fingerprint density at radius 2 is 1.89 bits per heavy atom. The number of aryl methyl sites for hydroxylation is 1. The van der Waals surface area contributed by atoms with E-state index in [4.69, 9.17) is 16.3 Å². The van der Waals surface area contributed by atoms with Crippen molar-refractivity contribution in [1.82, 2.24) is 24.8 Å². The predicted molar refractivity (Wildman–Crippen MR) is 129 cm³/mol. The normalized spacial score (nSPS) is 16.5. The van der Waals surface area contributed by atoms with Crippen molar-refractivity contribution in [2.24, 2.45) is 0 Å². The number of anilines is 1. The van der Waals surface area contributed by atoms with Crippen molar-refractivity contribution in [2.45, 2.75) is 39.2 Å². The Balaban J connectivity index is 1.66. The van der Waals surface area contributed by atoms with Crippen LogP contribution in [0.25, 0.3) is 11.4 Å². The van der Waals surface area contributed by atoms with Crippen LogP contribution in [0.15, 0.2) is 47.7 Å². The minimum Gasteiger partial charge on any atom is -0.471 e. The fourth-order valence-electron chi connectivity index (χ4n) is 3.53. The van der Waals surface area contributed by atoms with Gasteiger partial charge in [-0.3, -0.25) is 19.8 Å². The van der Waals surface area contributed by atoms with Crippen molar-refractivity contribution >= 4 is 23.3 Å². The number of aliphatic hydroxyl groups is 2. The zero-order valence-electron chi connectivity index (χ0n) is 20.3. The molecule has 0 spiro atoms. The molecule has 13 heteroatoms. The Morgan fingerprint density at radius 3 is 2.57 bits per heavy atom. The maximum atomic E-state index is 13.9. The third kappa shape index (κ3) is 5.22. The zero-order chi connectivity index (χ0) is 27.1. The molecule has 3 aromatic rings. The van der Waals surface area contributed by atoms with E-state index >= 15 is 0 Å². The molecule has 194 valence electrons. The summed E-state index contributed by atoms with van der Waals surface area (Å²) in [4.78, 5) is 31.8. The number of rotatable bonds is 6. The number of amides is 2. The number of carbonyl (C=O) groups is 1. The second-order valence-electron chi connectivity index (χ2n) is 8.79. The van der Waals surface area contributed by atoms with Gasteiger partial charge in [0.2, 0.25) is 5.88 Å². The molecule has 3 aromatic heterocycles. The van der Waals surface area contributed by atoms with E-state index < -0.39 is 36.1 Å². The van der Waals surface area contributed by atoms with Crippen LogP contribution in [0.5, 0.6) is 0 Å². The smallest absolute Gasteiger partial charge is 0.333 e. The van der Waals surface area contributed by atoms with Crippen LogP contribution in [0.3, 0.4) is 0 Å². The van der Waals surface area contributed by atoms with Crippen molar-refractivity contribution in [3.8, 4) is 11.4 Å². The molecule has 10 nitrogen and oxygen atoms in total. The molecule has 0 saturated carbocycles. The summed E-state index contributed by atoms with van der Waals surface area (Å²) in [5.74, 6) is -1.80. The molecule has 2 amide bonds. The van der Waals surface area contributed by atoms with E-state index in [1.165, 1.54) is 19.4 Å². The van der Waals surface area contributed by atoms with Crippen LogP contribution in [-0.4, -0.2) is 54.4 Å². The van der Waals surface area contributed by atoms with Gasteiger partial charge >= 0.3 is 6.03 Å². The number of hydrogen-bond acceptors (Lipinski definition) is 8. The second kappa shape index (κ2) is 9.96. The number of halogens is 3. The summed E-state index contributed by atoms with van der Waals surface area (Å²) >= 11 is 6.38. The summed E-state index contributed by atoms with van der Waals surface area (Å²) < 4.78 is 32.6. The number of nitrogens with zero attached hydrogens (tertiary/aromatic N) is 6. The van der Waals surface area contributed by atoms with Gasteiger partial charge in [-0.1, -0.05) is 11.6 Å². The van der Waals surface area contributed by atoms with Gasteiger partial charge in [-0.2, -0.15) is 0 Å². The van der Waals surface area contributed by atoms with Gasteiger partial charge in [0.1, 0.15) is 28.8 Å². The quantitative estimate of drug-likeness (QED) is 0.494. The molecule has 0 fully saturated rings. The fraction of sp³-hybridized carbons (Fsp3) is 0.292. The van der Waals surface area contributed by atoms with E-state index in [2.05, 4.69) is 19.9 Å². The average molecular weight is 533 g/mol. The Morgan fingerprint density at radius 1 is 1.16 bits per heavy atom. The SMILES string of the molecule is Cc1cnc(-c2ccnc(C(C)(C)O)n2)cc1N1C(=O)N(C)C(OCc2ncc(F)cc2F)=C(Cl)C1O. The van der Waals surface area contributed by atoms with Crippen molar-refractivity contribution in [1.29, 1.82) is 0 Å². The first kappa shape index (κ1) is 26.3. The lowest BCUT2D eigenvalue weighted by atomic mass is 10.1. The molecule has 1 aliphatic rings. The highest BCUT2D eigenvalue weighted by Crippen LogP contribution is 2.35. The summed E-state index contributed by atoms with van der Waals surface area (Å²) in [6, 6.07) is 3.10. The Kier molecular flexibility index (Phi) is 7.09. The van der Waals surface area contributed by atoms with Gasteiger partial charge in [-0.25, -0.2) is 23.5 Å². The molecular weight excluding hydrogens is 510 g/mol. The first-order valence-electron chi connectivity index (χ1n) is 11.0. The van der Waals surface area contributed by atoms with Crippen LogP contribution in [0, 0.1) is 18.6 Å². The van der Waals surface area contributed by atoms with E-state index in [9.17, 15) is 23.8 Å². The highest BCUT2D eigenvalue weighted by Gasteiger charge is 2.39. The van der Waals surface area contributed by atoms with E-state index in [0.29, 0.717) is 28.7 Å². The maximum absolute atomic E-state index is 13.9. The van der Waals surface area contributed by atoms with Gasteiger partial charge in [0.25, 0.3) is 0 Å². The molecule has 4 rings (SSSR count). The van der Waals surface area contributed by atoms with Gasteiger partial charge in [-0.15, -0.1) is 0 Å². The number of carbonyl (C=O) groups excluding carboxylic acids is 1. The zero-order valence-corrected chi connectivity index (χ0v) is 21.0. The molecule has 1 unspecified atom stereocenters. The summed E-state index contributed by atoms with van der Waals surface area (Å²) in [5.41, 5.74) is 0.0955. The number of hydrogen-bond donors (Lipinski definition) is 2. The van der Waals surface area contributed by atoms with Crippen LogP contribution in [0.1, 0.15) is 30.9 Å². The molecule has 0 aromatic carbocycles. The average Bonchev–Trinajstić information content (AvgIpc) is 2.84. The lowest BCUT2D eigenvalue weighted by Crippen LogP contribution is -2.52. The molecule has 0 bridgehead atoms. The molecule has 4 heterocycles. The molecule has 0 radical (unpaired) electrons. The van der Waals surface area contributed by atoms with Crippen molar-refractivity contribution in [2.75, 3.05) is 11.9 Å². The molecule has 2 N–H and O–H groups in total. The third-order valence-electron chi connectivity index (χ3n) is 5.50. The monoisotopic (exact) mass is 532 g/mol. The van der Waals surface area contributed by atoms with Gasteiger partial charge in [0.15, 0.2) is 17.9 Å². The topological polar surface area (TPSA) is 125 Å². The molecule has 37 heavy (non-hydrogen) atoms. The maximum Gasteiger partial charge on any atom is 0.333 e. The summed E-state index contributed by atoms with van der Waals surface area (Å²) in [6.45, 7) is 4.33. The van der Waals surface area contributed by atoms with Crippen molar-refractivity contribution < 1.29 is 28.5 Å². The number of aromatic nitrogens is 4. The molecule has 0 saturated heterocycles. The highest BCUT2D eigenvalue weighted by molar-refractivity contribution is 6.31. The van der Waals surface area contributed by atoms with Crippen LogP contribution in [0.2, 0.25) is 0 Å². The Labute approximate surface area is 215 Å². The van der Waals surface area contributed by atoms with Gasteiger partial charge in [-0.05, 0) is 38.5 Å². The number of aliphatic hydroxyl groups excluding tert-OH is 1. The molecule has 1 aliphatic heterocycles. The number of ether oxygens (including phenoxy) is 1. The van der Waals surface area contributed by atoms with Crippen LogP contribution < -0.4 is 4.90 Å². The first-order chi connectivity index (χ1) is 17.4. The largest absolute Gasteiger partial charge is 0.471 e. The number of urea groups is 1. The number of pyridine rings is 2. The van der Waals surface area contributed by atoms with Crippen LogP contribution in [-0.2, 0) is 16.9 Å². The van der Waals surface area contributed by atoms with E-state index in [0.717, 1.165) is 16.0 Å². The summed E-state index contributed by atoms with van der Waals surface area (Å²) in [7, 11) is 1.37. The minimum atomic E-state index is -1.64. The van der Waals surface area contributed by atoms with E-state index in [1.807, 2.05) is 0 Å². The first-order valence-corrected chi connectivity index (χ1v) is 11.4. The van der Waals surface area contributed by atoms with Gasteiger partial charge < -0.3 is 14.9 Å². The summed E-state index contributed by atoms with van der Waals surface area (Å²) in [6.07, 6.45) is 2.17. The Bertz CT molecular complexity index is 1400. The van der Waals surface area contributed by atoms with Crippen molar-refractivity contribution in [3.63, 3.8) is 0 Å². The van der Waals surface area contributed by atoms with Crippen LogP contribution >= 0.6 is 11.6 Å². The second-order valence-corrected chi connectivity index (χ2v) is 9.20. The lowest BCUT2D eigenvalue weighted by Gasteiger charge is -2.38. The molecular formula is C24H23ClF2N6O4. The predicted octanol–water partition coefficient (Wildman–Crippen LogP) is 3.56. The lowest BCUT2D eigenvalue weighted by molar-refractivity contribution is 0.0688. The Hall–Kier alpha value is -3.74. The fourth-order valence-corrected chi connectivity index (χ4v) is 3.81. The molecule has 0 aliphatic carbocycles. The van der Waals surface area contributed by atoms with E-state index in [-0.39, 0.29) is 22.4 Å². The minimum absolute atomic E-state index is 0.183. The standard InChI is InChI=1S/C24H23ClF2N6O4/c1-12-9-29-16(15-5-6-28-22(31-15)24(2,3)36)8-18(12)33-20(34)19(25)21(32(4)23(33)35)37-11-17-14(27)7-13(26)10-30-17/h5-10,20,34,36H,11H2,1-4H3. The highest BCUT2D eigenvalue weighted by atomic mass is 35.5. The third-order valence-corrected chi connectivity index (χ3v) is 5.86. The van der Waals surface area contributed by atoms with E-state index in [1.54, 1.807) is 32.9 Å². The van der Waals surface area contributed by atoms with Gasteiger partial charge in [0, 0.05) is 25.5 Å².